The summed E-state index contributed by atoms with van der Waals surface area (Å²) in [5.41, 5.74) is 3.18. The molecule has 2 nitrogen and oxygen atoms in total. The van der Waals surface area contributed by atoms with Crippen LogP contribution in [-0.2, 0) is 0 Å². The monoisotopic (exact) mass is 206 g/mol. The molecule has 2 aliphatic heterocycles. The van der Waals surface area contributed by atoms with Crippen molar-refractivity contribution in [1.29, 1.82) is 5.26 Å². The van der Waals surface area contributed by atoms with Crippen molar-refractivity contribution in [3.63, 3.8) is 0 Å². The van der Waals surface area contributed by atoms with Crippen LogP contribution in [0.3, 0.4) is 0 Å². The first-order chi connectivity index (χ1) is 7.90. The summed E-state index contributed by atoms with van der Waals surface area (Å²) in [7, 11) is 0. The molecule has 0 aliphatic carbocycles. The van der Waals surface area contributed by atoms with E-state index < -0.39 is 0 Å². The quantitative estimate of drug-likeness (QED) is 0.652. The fraction of sp³-hybridized carbons (Fsp3) is 0.0714. The van der Waals surface area contributed by atoms with Crippen LogP contribution >= 0.6 is 0 Å². The Hall–Kier alpha value is -2.27. The van der Waals surface area contributed by atoms with Gasteiger partial charge in [0.1, 0.15) is 0 Å². The molecule has 0 aromatic heterocycles. The van der Waals surface area contributed by atoms with Crippen LogP contribution < -0.4 is 0 Å². The molecule has 0 saturated carbocycles. The van der Waals surface area contributed by atoms with Crippen molar-refractivity contribution in [3.05, 3.63) is 65.5 Å². The van der Waals surface area contributed by atoms with Crippen molar-refractivity contribution < 1.29 is 0 Å². The Morgan fingerprint density at radius 1 is 1.19 bits per heavy atom. The Kier molecular flexibility index (Phi) is 1.91. The van der Waals surface area contributed by atoms with Gasteiger partial charge in [-0.15, -0.1) is 0 Å². The number of hydrogen-bond acceptors (Lipinski definition) is 2. The molecule has 16 heavy (non-hydrogen) atoms. The number of nitrogens with zero attached hydrogens (tertiary/aromatic N) is 2. The molecular formula is C14H10N2. The predicted octanol–water partition coefficient (Wildman–Crippen LogP) is 2.99. The minimum absolute atomic E-state index is 0.0520. The summed E-state index contributed by atoms with van der Waals surface area (Å²) >= 11 is 0. The van der Waals surface area contributed by atoms with Crippen molar-refractivity contribution >= 4 is 6.08 Å². The molecule has 1 aromatic carbocycles. The molecule has 1 atom stereocenters. The Morgan fingerprint density at radius 2 is 2.06 bits per heavy atom. The van der Waals surface area contributed by atoms with Crippen molar-refractivity contribution in [2.45, 2.75) is 6.04 Å². The van der Waals surface area contributed by atoms with Gasteiger partial charge >= 0.3 is 0 Å². The van der Waals surface area contributed by atoms with E-state index in [1.54, 1.807) is 0 Å². The second kappa shape index (κ2) is 3.39. The predicted molar refractivity (Wildman–Crippen MR) is 62.9 cm³/mol. The van der Waals surface area contributed by atoms with Gasteiger partial charge in [0.2, 0.25) is 0 Å². The number of hydrogen-bond donors (Lipinski definition) is 0. The van der Waals surface area contributed by atoms with Crippen LogP contribution in [0.4, 0.5) is 0 Å². The number of nitriles is 1. The summed E-state index contributed by atoms with van der Waals surface area (Å²) in [6.45, 7) is 0. The van der Waals surface area contributed by atoms with E-state index in [1.165, 1.54) is 11.1 Å². The lowest BCUT2D eigenvalue weighted by molar-refractivity contribution is 0.418. The number of fused-ring (bicyclic) bond motifs is 3. The molecule has 2 heterocycles. The molecule has 2 aliphatic rings. The summed E-state index contributed by atoms with van der Waals surface area (Å²) in [6, 6.07) is 10.5. The van der Waals surface area contributed by atoms with Crippen molar-refractivity contribution in [2.75, 3.05) is 0 Å². The maximum atomic E-state index is 9.15. The van der Waals surface area contributed by atoms with E-state index in [4.69, 9.17) is 5.26 Å². The third kappa shape index (κ3) is 1.19. The molecule has 0 N–H and O–H groups in total. The van der Waals surface area contributed by atoms with Gasteiger partial charge in [-0.25, -0.2) is 0 Å². The Labute approximate surface area is 94.4 Å². The molecule has 2 heteroatoms. The maximum absolute atomic E-state index is 9.15. The topological polar surface area (TPSA) is 27.0 Å². The van der Waals surface area contributed by atoms with E-state index in [9.17, 15) is 0 Å². The Balaban J connectivity index is 2.19. The van der Waals surface area contributed by atoms with Crippen LogP contribution in [0.25, 0.3) is 6.08 Å². The summed E-state index contributed by atoms with van der Waals surface area (Å²) in [5, 5.41) is 9.15. The summed E-state index contributed by atoms with van der Waals surface area (Å²) in [4.78, 5) is 2.07. The zero-order valence-electron chi connectivity index (χ0n) is 8.67. The van der Waals surface area contributed by atoms with Crippen molar-refractivity contribution in [2.24, 2.45) is 0 Å². The highest BCUT2D eigenvalue weighted by Crippen LogP contribution is 2.37. The van der Waals surface area contributed by atoms with E-state index >= 15 is 0 Å². The second-order valence-electron chi connectivity index (χ2n) is 3.87. The van der Waals surface area contributed by atoms with Gasteiger partial charge in [0.15, 0.2) is 0 Å². The molecule has 0 amide bonds. The lowest BCUT2D eigenvalue weighted by Gasteiger charge is -2.33. The van der Waals surface area contributed by atoms with E-state index in [0.717, 1.165) is 5.57 Å². The fourth-order valence-electron chi connectivity index (χ4n) is 2.22. The first kappa shape index (κ1) is 8.99. The molecule has 0 saturated heterocycles. The lowest BCUT2D eigenvalue weighted by atomic mass is 9.90. The third-order valence-corrected chi connectivity index (χ3v) is 2.97. The van der Waals surface area contributed by atoms with E-state index in [0.29, 0.717) is 0 Å². The van der Waals surface area contributed by atoms with Gasteiger partial charge in [-0.05, 0) is 29.4 Å². The maximum Gasteiger partial charge on any atom is 0.0973 e. The Bertz CT molecular complexity index is 558. The summed E-state index contributed by atoms with van der Waals surface area (Å²) in [5.74, 6) is 0. The SMILES string of the molecule is N#CC1=CC=CN2C=Cc3ccccc3C12. The summed E-state index contributed by atoms with van der Waals surface area (Å²) < 4.78 is 0. The molecule has 0 spiro atoms. The van der Waals surface area contributed by atoms with Crippen LogP contribution in [0.1, 0.15) is 17.2 Å². The van der Waals surface area contributed by atoms with Crippen molar-refractivity contribution in [3.8, 4) is 6.07 Å². The average Bonchev–Trinajstić information content (AvgIpc) is 2.37. The van der Waals surface area contributed by atoms with E-state index in [1.807, 2.05) is 36.7 Å². The minimum atomic E-state index is 0.0520. The largest absolute Gasteiger partial charge is 0.342 e. The number of benzene rings is 1. The number of rotatable bonds is 0. The molecule has 1 aromatic rings. The molecule has 0 bridgehead atoms. The Morgan fingerprint density at radius 3 is 2.94 bits per heavy atom. The van der Waals surface area contributed by atoms with Crippen LogP contribution in [0.2, 0.25) is 0 Å². The van der Waals surface area contributed by atoms with Gasteiger partial charge in [0, 0.05) is 12.4 Å². The molecule has 76 valence electrons. The van der Waals surface area contributed by atoms with Gasteiger partial charge in [0.05, 0.1) is 17.7 Å². The standard InChI is InChI=1S/C14H10N2/c15-10-12-5-3-8-16-9-7-11-4-1-2-6-13(11)14(12)16/h1-9,14H. The van der Waals surface area contributed by atoms with Crippen molar-refractivity contribution in [1.82, 2.24) is 4.90 Å². The fourth-order valence-corrected chi connectivity index (χ4v) is 2.22. The number of allylic oxidation sites excluding steroid dienone is 2. The smallest absolute Gasteiger partial charge is 0.0973 e. The first-order valence-electron chi connectivity index (χ1n) is 5.23. The summed E-state index contributed by atoms with van der Waals surface area (Å²) in [6.07, 6.45) is 9.90. The molecule has 3 rings (SSSR count). The van der Waals surface area contributed by atoms with Gasteiger partial charge in [0.25, 0.3) is 0 Å². The zero-order chi connectivity index (χ0) is 11.0. The van der Waals surface area contributed by atoms with Gasteiger partial charge in [-0.1, -0.05) is 24.3 Å². The zero-order valence-corrected chi connectivity index (χ0v) is 8.67. The molecule has 0 radical (unpaired) electrons. The normalized spacial score (nSPS) is 20.8. The second-order valence-corrected chi connectivity index (χ2v) is 3.87. The van der Waals surface area contributed by atoms with Gasteiger partial charge < -0.3 is 4.90 Å². The van der Waals surface area contributed by atoms with Gasteiger partial charge in [-0.3, -0.25) is 0 Å². The highest BCUT2D eigenvalue weighted by molar-refractivity contribution is 5.61. The highest BCUT2D eigenvalue weighted by atomic mass is 15.1. The molecular weight excluding hydrogens is 196 g/mol. The van der Waals surface area contributed by atoms with Crippen LogP contribution in [0.15, 0.2) is 54.4 Å². The van der Waals surface area contributed by atoms with Gasteiger partial charge in [-0.2, -0.15) is 5.26 Å². The highest BCUT2D eigenvalue weighted by Gasteiger charge is 2.26. The average molecular weight is 206 g/mol. The van der Waals surface area contributed by atoms with E-state index in [2.05, 4.69) is 29.2 Å². The van der Waals surface area contributed by atoms with E-state index in [-0.39, 0.29) is 6.04 Å². The van der Waals surface area contributed by atoms with Crippen LogP contribution in [0, 0.1) is 11.3 Å². The van der Waals surface area contributed by atoms with Crippen LogP contribution in [0.5, 0.6) is 0 Å². The van der Waals surface area contributed by atoms with Crippen LogP contribution in [-0.4, -0.2) is 4.90 Å². The third-order valence-electron chi connectivity index (χ3n) is 2.97. The minimum Gasteiger partial charge on any atom is -0.342 e. The molecule has 1 unspecified atom stereocenters. The lowest BCUT2D eigenvalue weighted by Crippen LogP contribution is -2.24. The molecule has 0 fully saturated rings. The first-order valence-corrected chi connectivity index (χ1v) is 5.23.